The predicted molar refractivity (Wildman–Crippen MR) is 117 cm³/mol. The lowest BCUT2D eigenvalue weighted by atomic mass is 9.68. The SMILES string of the molecule is CC(C)CN1C(=O)NC(=O)[C@]2(Cc3c(nc4ccccn4c3=O)N3CCCCC[C@H]32)C1=O. The molecule has 0 aliphatic carbocycles. The van der Waals surface area contributed by atoms with Crippen molar-refractivity contribution in [2.24, 2.45) is 11.3 Å². The number of hydrogen-bond acceptors (Lipinski definition) is 6. The van der Waals surface area contributed by atoms with Crippen LogP contribution in [0.1, 0.15) is 45.1 Å². The van der Waals surface area contributed by atoms with Crippen molar-refractivity contribution in [3.63, 3.8) is 0 Å². The molecule has 1 N–H and O–H groups in total. The molecule has 0 radical (unpaired) electrons. The molecule has 2 aromatic heterocycles. The van der Waals surface area contributed by atoms with Gasteiger partial charge in [0.2, 0.25) is 11.8 Å². The quantitative estimate of drug-likeness (QED) is 0.718. The number of anilines is 1. The number of amides is 4. The average Bonchev–Trinajstić information content (AvgIpc) is 3.02. The third-order valence-corrected chi connectivity index (χ3v) is 6.90. The molecule has 2 fully saturated rings. The van der Waals surface area contributed by atoms with Crippen LogP contribution in [0.4, 0.5) is 10.6 Å². The first-order valence-corrected chi connectivity index (χ1v) is 11.3. The molecule has 9 nitrogen and oxygen atoms in total. The minimum absolute atomic E-state index is 0.0484. The Morgan fingerprint density at radius 3 is 2.75 bits per heavy atom. The van der Waals surface area contributed by atoms with Crippen LogP contribution in [0.2, 0.25) is 0 Å². The summed E-state index contributed by atoms with van der Waals surface area (Å²) in [6.45, 7) is 4.65. The van der Waals surface area contributed by atoms with E-state index >= 15 is 0 Å². The van der Waals surface area contributed by atoms with Crippen LogP contribution in [0.3, 0.4) is 0 Å². The highest BCUT2D eigenvalue weighted by atomic mass is 16.2. The van der Waals surface area contributed by atoms with Crippen LogP contribution < -0.4 is 15.8 Å². The van der Waals surface area contributed by atoms with Crippen molar-refractivity contribution in [1.82, 2.24) is 19.6 Å². The van der Waals surface area contributed by atoms with Crippen molar-refractivity contribution < 1.29 is 14.4 Å². The minimum Gasteiger partial charge on any atom is -0.352 e. The zero-order chi connectivity index (χ0) is 22.6. The number of urea groups is 1. The standard InChI is InChI=1S/C23H27N5O4/c1-14(2)13-28-21(31)23(20(30)25-22(28)32)12-15-18(26-10-6-3-4-8-16(23)26)24-17-9-5-7-11-27(17)19(15)29/h5,7,9,11,14,16H,3-4,6,8,10,12-13H2,1-2H3,(H,25,30,32)/t16-,23+/m0/s1. The highest BCUT2D eigenvalue weighted by molar-refractivity contribution is 6.20. The van der Waals surface area contributed by atoms with Crippen LogP contribution in [-0.2, 0) is 16.0 Å². The number of nitrogens with one attached hydrogen (secondary N) is 1. The van der Waals surface area contributed by atoms with Gasteiger partial charge in [-0.1, -0.05) is 32.8 Å². The van der Waals surface area contributed by atoms with E-state index in [4.69, 9.17) is 4.98 Å². The summed E-state index contributed by atoms with van der Waals surface area (Å²) in [5.74, 6) is -0.494. The van der Waals surface area contributed by atoms with Gasteiger partial charge in [0.1, 0.15) is 11.5 Å². The molecule has 5 heterocycles. The molecule has 3 aliphatic heterocycles. The van der Waals surface area contributed by atoms with Crippen LogP contribution in [-0.4, -0.2) is 51.3 Å². The second-order valence-electron chi connectivity index (χ2n) is 9.42. The largest absolute Gasteiger partial charge is 0.352 e. The Bertz CT molecular complexity index is 1190. The molecular weight excluding hydrogens is 410 g/mol. The smallest absolute Gasteiger partial charge is 0.330 e. The number of aromatic nitrogens is 2. The molecule has 0 bridgehead atoms. The fourth-order valence-corrected chi connectivity index (χ4v) is 5.46. The van der Waals surface area contributed by atoms with Crippen LogP contribution in [0.15, 0.2) is 29.2 Å². The lowest BCUT2D eigenvalue weighted by molar-refractivity contribution is -0.154. The van der Waals surface area contributed by atoms with Gasteiger partial charge in [-0.15, -0.1) is 0 Å². The van der Waals surface area contributed by atoms with Crippen molar-refractivity contribution >= 4 is 29.3 Å². The predicted octanol–water partition coefficient (Wildman–Crippen LogP) is 1.72. The van der Waals surface area contributed by atoms with Crippen molar-refractivity contribution in [3.8, 4) is 0 Å². The lowest BCUT2D eigenvalue weighted by Crippen LogP contribution is -2.72. The van der Waals surface area contributed by atoms with Gasteiger partial charge in [-0.05, 0) is 30.9 Å². The van der Waals surface area contributed by atoms with E-state index in [2.05, 4.69) is 5.32 Å². The van der Waals surface area contributed by atoms with E-state index < -0.39 is 29.3 Å². The molecule has 0 saturated carbocycles. The number of carbonyl (C=O) groups is 3. The Hall–Kier alpha value is -3.23. The van der Waals surface area contributed by atoms with E-state index in [1.165, 1.54) is 4.40 Å². The van der Waals surface area contributed by atoms with Gasteiger partial charge in [0.25, 0.3) is 5.56 Å². The van der Waals surface area contributed by atoms with Gasteiger partial charge in [0.05, 0.1) is 11.6 Å². The average molecular weight is 438 g/mol. The molecule has 3 aliphatic rings. The molecule has 4 amide bonds. The molecule has 9 heteroatoms. The van der Waals surface area contributed by atoms with Crippen molar-refractivity contribution in [2.75, 3.05) is 18.0 Å². The third kappa shape index (κ3) is 2.87. The molecule has 2 atom stereocenters. The fraction of sp³-hybridized carbons (Fsp3) is 0.522. The fourth-order valence-electron chi connectivity index (χ4n) is 5.46. The van der Waals surface area contributed by atoms with Crippen LogP contribution in [0.5, 0.6) is 0 Å². The number of pyridine rings is 1. The molecule has 0 aromatic carbocycles. The molecule has 32 heavy (non-hydrogen) atoms. The third-order valence-electron chi connectivity index (χ3n) is 6.90. The minimum atomic E-state index is -1.52. The van der Waals surface area contributed by atoms with Gasteiger partial charge in [0, 0.05) is 25.7 Å². The maximum atomic E-state index is 13.9. The molecule has 2 saturated heterocycles. The summed E-state index contributed by atoms with van der Waals surface area (Å²) >= 11 is 0. The Morgan fingerprint density at radius 2 is 1.97 bits per heavy atom. The van der Waals surface area contributed by atoms with Gasteiger partial charge >= 0.3 is 6.03 Å². The Balaban J connectivity index is 1.74. The molecule has 1 spiro atoms. The van der Waals surface area contributed by atoms with Crippen LogP contribution >= 0.6 is 0 Å². The van der Waals surface area contributed by atoms with Crippen LogP contribution in [0.25, 0.3) is 5.65 Å². The van der Waals surface area contributed by atoms with E-state index in [9.17, 15) is 19.2 Å². The van der Waals surface area contributed by atoms with Gasteiger partial charge in [0.15, 0.2) is 5.41 Å². The summed E-state index contributed by atoms with van der Waals surface area (Å²) < 4.78 is 1.45. The van der Waals surface area contributed by atoms with E-state index in [-0.39, 0.29) is 24.4 Å². The van der Waals surface area contributed by atoms with Gasteiger partial charge < -0.3 is 4.90 Å². The second-order valence-corrected chi connectivity index (χ2v) is 9.42. The first-order valence-electron chi connectivity index (χ1n) is 11.3. The van der Waals surface area contributed by atoms with Crippen molar-refractivity contribution in [3.05, 3.63) is 40.3 Å². The molecule has 168 valence electrons. The topological polar surface area (TPSA) is 104 Å². The Kier molecular flexibility index (Phi) is 4.79. The molecule has 5 rings (SSSR count). The zero-order valence-corrected chi connectivity index (χ0v) is 18.3. The number of carbonyl (C=O) groups excluding carboxylic acids is 3. The summed E-state index contributed by atoms with van der Waals surface area (Å²) in [6, 6.07) is 4.22. The summed E-state index contributed by atoms with van der Waals surface area (Å²) in [6.07, 6.45) is 4.92. The van der Waals surface area contributed by atoms with Gasteiger partial charge in [-0.3, -0.25) is 29.0 Å². The summed E-state index contributed by atoms with van der Waals surface area (Å²) in [5, 5.41) is 2.44. The summed E-state index contributed by atoms with van der Waals surface area (Å²) in [7, 11) is 0. The lowest BCUT2D eigenvalue weighted by Gasteiger charge is -2.50. The molecule has 2 aromatic rings. The van der Waals surface area contributed by atoms with E-state index in [1.54, 1.807) is 18.3 Å². The summed E-state index contributed by atoms with van der Waals surface area (Å²) in [5.41, 5.74) is -0.912. The second kappa shape index (κ2) is 7.43. The molecule has 0 unspecified atom stereocenters. The monoisotopic (exact) mass is 437 g/mol. The van der Waals surface area contributed by atoms with Crippen molar-refractivity contribution in [1.29, 1.82) is 0 Å². The number of fused-ring (bicyclic) bond motifs is 5. The Morgan fingerprint density at radius 1 is 1.16 bits per heavy atom. The highest BCUT2D eigenvalue weighted by Gasteiger charge is 2.62. The van der Waals surface area contributed by atoms with Crippen LogP contribution in [0, 0.1) is 11.3 Å². The highest BCUT2D eigenvalue weighted by Crippen LogP contribution is 2.45. The number of imide groups is 2. The number of hydrogen-bond donors (Lipinski definition) is 1. The van der Waals surface area contributed by atoms with Gasteiger partial charge in [-0.25, -0.2) is 9.78 Å². The van der Waals surface area contributed by atoms with E-state index in [0.29, 0.717) is 30.0 Å². The Labute approximate surface area is 185 Å². The molecular formula is C23H27N5O4. The van der Waals surface area contributed by atoms with E-state index in [0.717, 1.165) is 24.2 Å². The maximum Gasteiger partial charge on any atom is 0.330 e. The van der Waals surface area contributed by atoms with E-state index in [1.807, 2.05) is 24.8 Å². The zero-order valence-electron chi connectivity index (χ0n) is 18.3. The summed E-state index contributed by atoms with van der Waals surface area (Å²) in [4.78, 5) is 61.3. The van der Waals surface area contributed by atoms with Crippen molar-refractivity contribution in [2.45, 2.75) is 52.0 Å². The first kappa shape index (κ1) is 20.7. The number of barbiturate groups is 1. The number of rotatable bonds is 2. The van der Waals surface area contributed by atoms with Gasteiger partial charge in [-0.2, -0.15) is 0 Å². The normalized spacial score (nSPS) is 25.7. The maximum absolute atomic E-state index is 13.9. The first-order chi connectivity index (χ1) is 15.3. The number of nitrogens with zero attached hydrogens (tertiary/aromatic N) is 4.